The lowest BCUT2D eigenvalue weighted by molar-refractivity contribution is 0.438. The predicted molar refractivity (Wildman–Crippen MR) is 60.7 cm³/mol. The van der Waals surface area contributed by atoms with Gasteiger partial charge in [-0.3, -0.25) is 0 Å². The fraction of sp³-hybridized carbons (Fsp3) is 0.182. The Kier molecular flexibility index (Phi) is 2.83. The number of nitrogens with zero attached hydrogens (tertiary/aromatic N) is 1. The summed E-state index contributed by atoms with van der Waals surface area (Å²) in [6.45, 7) is 1.92. The van der Waals surface area contributed by atoms with Crippen molar-refractivity contribution in [1.29, 1.82) is 0 Å². The molecule has 0 unspecified atom stereocenters. The van der Waals surface area contributed by atoms with Gasteiger partial charge in [-0.05, 0) is 12.5 Å². The van der Waals surface area contributed by atoms with Gasteiger partial charge in [-0.25, -0.2) is 4.39 Å². The molecule has 1 aromatic heterocycles. The summed E-state index contributed by atoms with van der Waals surface area (Å²) in [6.07, 6.45) is 0.650. The van der Waals surface area contributed by atoms with E-state index in [9.17, 15) is 4.39 Å². The molecule has 0 fully saturated rings. The van der Waals surface area contributed by atoms with Crippen molar-refractivity contribution in [2.75, 3.05) is 5.73 Å². The number of nitrogen functional groups attached to an aromatic ring is 1. The smallest absolute Gasteiger partial charge is 0.225 e. The Bertz CT molecular complexity index is 525. The summed E-state index contributed by atoms with van der Waals surface area (Å²) in [6, 6.07) is 4.55. The van der Waals surface area contributed by atoms with Gasteiger partial charge in [0, 0.05) is 11.1 Å². The minimum Gasteiger partial charge on any atom is -0.367 e. The molecule has 0 saturated heterocycles. The molecule has 2 rings (SSSR count). The van der Waals surface area contributed by atoms with E-state index in [0.29, 0.717) is 17.7 Å². The largest absolute Gasteiger partial charge is 0.367 e. The Labute approximate surface area is 97.0 Å². The highest BCUT2D eigenvalue weighted by Gasteiger charge is 2.17. The number of hydrogen-bond donors (Lipinski definition) is 1. The van der Waals surface area contributed by atoms with Gasteiger partial charge in [-0.1, -0.05) is 35.8 Å². The van der Waals surface area contributed by atoms with Crippen molar-refractivity contribution in [3.63, 3.8) is 0 Å². The van der Waals surface area contributed by atoms with Crippen LogP contribution in [0.2, 0.25) is 5.02 Å². The van der Waals surface area contributed by atoms with E-state index in [1.54, 1.807) is 12.1 Å². The van der Waals surface area contributed by atoms with Gasteiger partial charge in [0.1, 0.15) is 11.5 Å². The first-order valence-corrected chi connectivity index (χ1v) is 5.21. The maximum Gasteiger partial charge on any atom is 0.225 e. The van der Waals surface area contributed by atoms with Crippen molar-refractivity contribution in [3.05, 3.63) is 34.6 Å². The zero-order chi connectivity index (χ0) is 11.7. The molecule has 2 aromatic rings. The minimum atomic E-state index is -0.484. The maximum absolute atomic E-state index is 13.3. The molecule has 3 nitrogen and oxygen atoms in total. The molecule has 0 amide bonds. The molecule has 0 aliphatic heterocycles. The summed E-state index contributed by atoms with van der Waals surface area (Å²) in [4.78, 5) is 0. The quantitative estimate of drug-likeness (QED) is 0.876. The molecule has 16 heavy (non-hydrogen) atoms. The second-order valence-electron chi connectivity index (χ2n) is 3.33. The van der Waals surface area contributed by atoms with E-state index in [1.807, 2.05) is 6.92 Å². The van der Waals surface area contributed by atoms with Crippen LogP contribution in [0.3, 0.4) is 0 Å². The summed E-state index contributed by atoms with van der Waals surface area (Å²) in [7, 11) is 0. The molecule has 1 heterocycles. The molecule has 0 spiro atoms. The molecule has 0 radical (unpaired) electrons. The van der Waals surface area contributed by atoms with Crippen LogP contribution in [-0.4, -0.2) is 5.16 Å². The second-order valence-corrected chi connectivity index (χ2v) is 3.71. The average molecular weight is 241 g/mol. The lowest BCUT2D eigenvalue weighted by Crippen LogP contribution is -1.91. The minimum absolute atomic E-state index is 0.0329. The van der Waals surface area contributed by atoms with Crippen molar-refractivity contribution in [2.45, 2.75) is 13.3 Å². The van der Waals surface area contributed by atoms with Crippen molar-refractivity contribution in [1.82, 2.24) is 5.16 Å². The molecule has 0 bridgehead atoms. The highest BCUT2D eigenvalue weighted by atomic mass is 35.5. The molecule has 5 heteroatoms. The molecule has 1 aromatic carbocycles. The summed E-state index contributed by atoms with van der Waals surface area (Å²) >= 11 is 5.87. The third-order valence-corrected chi connectivity index (χ3v) is 2.76. The Morgan fingerprint density at radius 3 is 2.94 bits per heavy atom. The third-order valence-electron chi connectivity index (χ3n) is 2.38. The SMILES string of the molecule is CCc1c(-c2cccc(F)c2Cl)noc1N. The van der Waals surface area contributed by atoms with Crippen LogP contribution < -0.4 is 5.73 Å². The first kappa shape index (κ1) is 11.0. The van der Waals surface area contributed by atoms with E-state index in [2.05, 4.69) is 5.16 Å². The zero-order valence-corrected chi connectivity index (χ0v) is 9.38. The van der Waals surface area contributed by atoms with Gasteiger partial charge in [0.15, 0.2) is 0 Å². The van der Waals surface area contributed by atoms with Gasteiger partial charge in [-0.2, -0.15) is 0 Å². The zero-order valence-electron chi connectivity index (χ0n) is 8.63. The number of aromatic nitrogens is 1. The van der Waals surface area contributed by atoms with E-state index in [1.165, 1.54) is 6.07 Å². The molecular formula is C11H10ClFN2O. The van der Waals surface area contributed by atoms with Crippen molar-refractivity contribution in [2.24, 2.45) is 0 Å². The predicted octanol–water partition coefficient (Wildman–Crippen LogP) is 3.28. The van der Waals surface area contributed by atoms with Crippen LogP contribution in [0.15, 0.2) is 22.7 Å². The number of halogens is 2. The van der Waals surface area contributed by atoms with Crippen molar-refractivity contribution >= 4 is 17.5 Å². The third kappa shape index (κ3) is 1.65. The summed E-state index contributed by atoms with van der Waals surface area (Å²) in [5.41, 5.74) is 7.36. The summed E-state index contributed by atoms with van der Waals surface area (Å²) < 4.78 is 18.2. The van der Waals surface area contributed by atoms with Gasteiger partial charge < -0.3 is 10.3 Å². The van der Waals surface area contributed by atoms with Crippen LogP contribution in [0.4, 0.5) is 10.3 Å². The number of benzene rings is 1. The topological polar surface area (TPSA) is 52.0 Å². The van der Waals surface area contributed by atoms with Gasteiger partial charge in [0.05, 0.1) is 5.02 Å². The van der Waals surface area contributed by atoms with E-state index >= 15 is 0 Å². The molecule has 84 valence electrons. The summed E-state index contributed by atoms with van der Waals surface area (Å²) in [5.74, 6) is -0.236. The number of rotatable bonds is 2. The van der Waals surface area contributed by atoms with E-state index in [4.69, 9.17) is 21.9 Å². The van der Waals surface area contributed by atoms with Crippen LogP contribution in [0.5, 0.6) is 0 Å². The normalized spacial score (nSPS) is 10.7. The Morgan fingerprint density at radius 2 is 2.25 bits per heavy atom. The van der Waals surface area contributed by atoms with Crippen molar-refractivity contribution in [3.8, 4) is 11.3 Å². The molecular weight excluding hydrogens is 231 g/mol. The first-order valence-electron chi connectivity index (χ1n) is 4.83. The number of anilines is 1. The average Bonchev–Trinajstić information content (AvgIpc) is 2.63. The number of hydrogen-bond acceptors (Lipinski definition) is 3. The van der Waals surface area contributed by atoms with Gasteiger partial charge >= 0.3 is 0 Å². The Hall–Kier alpha value is -1.55. The van der Waals surface area contributed by atoms with E-state index in [-0.39, 0.29) is 10.9 Å². The van der Waals surface area contributed by atoms with Gasteiger partial charge in [0.2, 0.25) is 5.88 Å². The van der Waals surface area contributed by atoms with Crippen LogP contribution in [0, 0.1) is 5.82 Å². The fourth-order valence-corrected chi connectivity index (χ4v) is 1.78. The second kappa shape index (κ2) is 4.14. The maximum atomic E-state index is 13.3. The molecule has 0 saturated carbocycles. The Balaban J connectivity index is 2.63. The van der Waals surface area contributed by atoms with Crippen LogP contribution in [0.25, 0.3) is 11.3 Å². The van der Waals surface area contributed by atoms with Gasteiger partial charge in [-0.15, -0.1) is 0 Å². The van der Waals surface area contributed by atoms with Gasteiger partial charge in [0.25, 0.3) is 0 Å². The van der Waals surface area contributed by atoms with E-state index in [0.717, 1.165) is 5.56 Å². The van der Waals surface area contributed by atoms with Crippen LogP contribution in [0.1, 0.15) is 12.5 Å². The first-order chi connectivity index (χ1) is 7.65. The van der Waals surface area contributed by atoms with Crippen LogP contribution in [-0.2, 0) is 6.42 Å². The standard InChI is InChI=1S/C11H10ClFN2O/c1-2-6-10(15-16-11(6)14)7-4-3-5-8(13)9(7)12/h3-5H,2,14H2,1H3. The molecule has 0 aliphatic carbocycles. The highest BCUT2D eigenvalue weighted by Crippen LogP contribution is 2.33. The Morgan fingerprint density at radius 1 is 1.50 bits per heavy atom. The molecule has 0 aliphatic rings. The lowest BCUT2D eigenvalue weighted by atomic mass is 10.1. The lowest BCUT2D eigenvalue weighted by Gasteiger charge is -2.02. The van der Waals surface area contributed by atoms with Crippen molar-refractivity contribution < 1.29 is 8.91 Å². The van der Waals surface area contributed by atoms with Crippen LogP contribution >= 0.6 is 11.6 Å². The molecule has 2 N–H and O–H groups in total. The highest BCUT2D eigenvalue weighted by molar-refractivity contribution is 6.33. The monoisotopic (exact) mass is 240 g/mol. The fourth-order valence-electron chi connectivity index (χ4n) is 1.56. The molecule has 0 atom stereocenters. The summed E-state index contributed by atoms with van der Waals surface area (Å²) in [5, 5.41) is 3.84. The van der Waals surface area contributed by atoms with E-state index < -0.39 is 5.82 Å². The number of nitrogens with two attached hydrogens (primary N) is 1.